The molecule has 33 heavy (non-hydrogen) atoms. The summed E-state index contributed by atoms with van der Waals surface area (Å²) in [6.45, 7) is 2.63. The minimum atomic E-state index is -0.683. The highest BCUT2D eigenvalue weighted by atomic mass is 19.1. The number of carbonyl (C=O) groups excluding carboxylic acids is 2. The first-order chi connectivity index (χ1) is 16.0. The van der Waals surface area contributed by atoms with Crippen LogP contribution in [0.4, 0.5) is 31.2 Å². The Balaban J connectivity index is 1.47. The number of nitriles is 1. The lowest BCUT2D eigenvalue weighted by Gasteiger charge is -2.28. The van der Waals surface area contributed by atoms with Crippen LogP contribution < -0.4 is 20.7 Å². The monoisotopic (exact) mass is 446 g/mol. The van der Waals surface area contributed by atoms with E-state index in [2.05, 4.69) is 20.9 Å². The van der Waals surface area contributed by atoms with Gasteiger partial charge < -0.3 is 20.3 Å². The van der Waals surface area contributed by atoms with Gasteiger partial charge in [-0.1, -0.05) is 6.07 Å². The fraction of sp³-hybridized carbons (Fsp3) is 0.130. The molecule has 4 amide bonds. The molecule has 0 unspecified atom stereocenters. The molecule has 4 rings (SSSR count). The number of benzene rings is 2. The molecule has 1 aliphatic heterocycles. The Labute approximate surface area is 188 Å². The number of amides is 4. The second kappa shape index (κ2) is 9.23. The zero-order valence-corrected chi connectivity index (χ0v) is 17.6. The normalized spacial score (nSPS) is 12.3. The van der Waals surface area contributed by atoms with Gasteiger partial charge in [0.05, 0.1) is 23.7 Å². The van der Waals surface area contributed by atoms with Gasteiger partial charge in [0.25, 0.3) is 0 Å². The maximum absolute atomic E-state index is 14.7. The van der Waals surface area contributed by atoms with Gasteiger partial charge in [0, 0.05) is 30.2 Å². The third-order valence-corrected chi connectivity index (χ3v) is 4.92. The number of pyridine rings is 1. The van der Waals surface area contributed by atoms with Crippen LogP contribution in [0.5, 0.6) is 11.5 Å². The Morgan fingerprint density at radius 1 is 1.21 bits per heavy atom. The Bertz CT molecular complexity index is 1270. The van der Waals surface area contributed by atoms with E-state index in [0.29, 0.717) is 34.9 Å². The summed E-state index contributed by atoms with van der Waals surface area (Å²) in [5.74, 6) is 0.0132. The Hall–Kier alpha value is -4.65. The molecule has 166 valence electrons. The number of aromatic nitrogens is 1. The highest BCUT2D eigenvalue weighted by Crippen LogP contribution is 2.34. The molecule has 0 saturated carbocycles. The Kier molecular flexibility index (Phi) is 6.04. The van der Waals surface area contributed by atoms with Crippen molar-refractivity contribution >= 4 is 29.3 Å². The molecular formula is C23H19FN6O3. The number of carbonyl (C=O) groups is 2. The fourth-order valence-electron chi connectivity index (χ4n) is 3.27. The first-order valence-electron chi connectivity index (χ1n) is 10.1. The molecule has 2 heterocycles. The maximum Gasteiger partial charge on any atom is 0.323 e. The quantitative estimate of drug-likeness (QED) is 0.515. The number of halogens is 1. The summed E-state index contributed by atoms with van der Waals surface area (Å²) in [7, 11) is 0. The minimum Gasteiger partial charge on any atom is -0.454 e. The maximum atomic E-state index is 14.7. The number of hydrogen-bond acceptors (Lipinski definition) is 5. The topological polar surface area (TPSA) is 119 Å². The fourth-order valence-corrected chi connectivity index (χ4v) is 3.27. The van der Waals surface area contributed by atoms with Crippen molar-refractivity contribution in [2.75, 3.05) is 22.5 Å². The lowest BCUT2D eigenvalue weighted by molar-refractivity contribution is 0.209. The zero-order chi connectivity index (χ0) is 23.4. The standard InChI is InChI=1S/C23H19FN6O3/c1-2-30-13-17-19(8-9-26-21(17)29-23(30)32)33-20-7-6-16(11-18(20)24)28-22(31)27-15-5-3-4-14(10-15)12-25/h3-11H,2,13H2,1H3,(H,26,29,32)(H2,27,28,31). The molecule has 0 fully saturated rings. The van der Waals surface area contributed by atoms with Crippen molar-refractivity contribution in [3.8, 4) is 17.6 Å². The first kappa shape index (κ1) is 21.6. The summed E-state index contributed by atoms with van der Waals surface area (Å²) >= 11 is 0. The van der Waals surface area contributed by atoms with Crippen molar-refractivity contribution in [2.24, 2.45) is 0 Å². The number of nitrogens with zero attached hydrogens (tertiary/aromatic N) is 3. The van der Waals surface area contributed by atoms with Gasteiger partial charge in [-0.25, -0.2) is 19.0 Å². The molecule has 1 aromatic heterocycles. The van der Waals surface area contributed by atoms with E-state index in [1.165, 1.54) is 24.4 Å². The molecule has 0 radical (unpaired) electrons. The minimum absolute atomic E-state index is 0.0453. The highest BCUT2D eigenvalue weighted by Gasteiger charge is 2.25. The van der Waals surface area contributed by atoms with E-state index < -0.39 is 11.8 Å². The molecule has 9 nitrogen and oxygen atoms in total. The van der Waals surface area contributed by atoms with Crippen LogP contribution in [0.1, 0.15) is 18.1 Å². The number of urea groups is 2. The molecule has 10 heteroatoms. The summed E-state index contributed by atoms with van der Waals surface area (Å²) < 4.78 is 20.5. The molecule has 0 saturated heterocycles. The Morgan fingerprint density at radius 2 is 2.00 bits per heavy atom. The van der Waals surface area contributed by atoms with E-state index in [1.807, 2.05) is 13.0 Å². The lowest BCUT2D eigenvalue weighted by Crippen LogP contribution is -2.38. The van der Waals surface area contributed by atoms with Crippen molar-refractivity contribution in [1.29, 1.82) is 5.26 Å². The number of ether oxygens (including phenoxy) is 1. The van der Waals surface area contributed by atoms with E-state index >= 15 is 0 Å². The van der Waals surface area contributed by atoms with Crippen LogP contribution in [0.25, 0.3) is 0 Å². The molecule has 0 atom stereocenters. The third-order valence-electron chi connectivity index (χ3n) is 4.92. The van der Waals surface area contributed by atoms with Crippen molar-refractivity contribution in [1.82, 2.24) is 9.88 Å². The molecular weight excluding hydrogens is 427 g/mol. The second-order valence-corrected chi connectivity index (χ2v) is 7.10. The van der Waals surface area contributed by atoms with E-state index in [9.17, 15) is 14.0 Å². The van der Waals surface area contributed by atoms with Crippen LogP contribution in [0.15, 0.2) is 54.7 Å². The van der Waals surface area contributed by atoms with Crippen LogP contribution in [0, 0.1) is 17.1 Å². The number of rotatable bonds is 5. The van der Waals surface area contributed by atoms with Gasteiger partial charge >= 0.3 is 12.1 Å². The van der Waals surface area contributed by atoms with Gasteiger partial charge in [-0.2, -0.15) is 5.26 Å². The van der Waals surface area contributed by atoms with Gasteiger partial charge in [-0.05, 0) is 43.3 Å². The van der Waals surface area contributed by atoms with Gasteiger partial charge in [0.1, 0.15) is 11.6 Å². The van der Waals surface area contributed by atoms with Crippen LogP contribution in [0.3, 0.4) is 0 Å². The lowest BCUT2D eigenvalue weighted by atomic mass is 10.2. The van der Waals surface area contributed by atoms with Crippen LogP contribution in [0.2, 0.25) is 0 Å². The third kappa shape index (κ3) is 4.83. The number of anilines is 3. The molecule has 3 aromatic rings. The highest BCUT2D eigenvalue weighted by molar-refractivity contribution is 5.99. The van der Waals surface area contributed by atoms with E-state index in [4.69, 9.17) is 10.00 Å². The van der Waals surface area contributed by atoms with Crippen molar-refractivity contribution < 1.29 is 18.7 Å². The van der Waals surface area contributed by atoms with Gasteiger partial charge in [0.15, 0.2) is 11.6 Å². The summed E-state index contributed by atoms with van der Waals surface area (Å²) in [5.41, 5.74) is 1.69. The van der Waals surface area contributed by atoms with Crippen molar-refractivity contribution in [3.05, 3.63) is 71.7 Å². The van der Waals surface area contributed by atoms with E-state index in [-0.39, 0.29) is 24.0 Å². The van der Waals surface area contributed by atoms with Crippen LogP contribution in [-0.2, 0) is 6.54 Å². The predicted octanol–water partition coefficient (Wildman–Crippen LogP) is 4.90. The number of nitrogens with one attached hydrogen (secondary N) is 3. The summed E-state index contributed by atoms with van der Waals surface area (Å²) in [5, 5.41) is 16.8. The van der Waals surface area contributed by atoms with Gasteiger partial charge in [-0.3, -0.25) is 5.32 Å². The first-order valence-corrected chi connectivity index (χ1v) is 10.1. The summed E-state index contributed by atoms with van der Waals surface area (Å²) in [4.78, 5) is 29.9. The second-order valence-electron chi connectivity index (χ2n) is 7.10. The number of fused-ring (bicyclic) bond motifs is 1. The SMILES string of the molecule is CCN1Cc2c(Oc3ccc(NC(=O)Nc4cccc(C#N)c4)cc3F)ccnc2NC1=O. The molecule has 0 spiro atoms. The smallest absolute Gasteiger partial charge is 0.323 e. The van der Waals surface area contributed by atoms with Crippen LogP contribution >= 0.6 is 0 Å². The average molecular weight is 446 g/mol. The molecule has 0 bridgehead atoms. The summed E-state index contributed by atoms with van der Waals surface area (Å²) in [6, 6.07) is 13.2. The van der Waals surface area contributed by atoms with E-state index in [1.54, 1.807) is 29.2 Å². The largest absolute Gasteiger partial charge is 0.454 e. The van der Waals surface area contributed by atoms with E-state index in [0.717, 1.165) is 6.07 Å². The molecule has 1 aliphatic rings. The molecule has 2 aromatic carbocycles. The van der Waals surface area contributed by atoms with Gasteiger partial charge in [-0.15, -0.1) is 0 Å². The van der Waals surface area contributed by atoms with Gasteiger partial charge in [0.2, 0.25) is 0 Å². The average Bonchev–Trinajstić information content (AvgIpc) is 2.80. The van der Waals surface area contributed by atoms with Crippen molar-refractivity contribution in [3.63, 3.8) is 0 Å². The molecule has 3 N–H and O–H groups in total. The van der Waals surface area contributed by atoms with Crippen LogP contribution in [-0.4, -0.2) is 28.5 Å². The Morgan fingerprint density at radius 3 is 2.73 bits per heavy atom. The summed E-state index contributed by atoms with van der Waals surface area (Å²) in [6.07, 6.45) is 1.47. The molecule has 0 aliphatic carbocycles. The van der Waals surface area contributed by atoms with Crippen molar-refractivity contribution in [2.45, 2.75) is 13.5 Å². The predicted molar refractivity (Wildman–Crippen MR) is 120 cm³/mol. The zero-order valence-electron chi connectivity index (χ0n) is 17.6. The number of hydrogen-bond donors (Lipinski definition) is 3.